The van der Waals surface area contributed by atoms with Crippen molar-refractivity contribution in [3.8, 4) is 0 Å². The third-order valence-electron chi connectivity index (χ3n) is 6.29. The van der Waals surface area contributed by atoms with Gasteiger partial charge in [0.15, 0.2) is 16.6 Å². The summed E-state index contributed by atoms with van der Waals surface area (Å²) in [5.41, 5.74) is -5.14. The van der Waals surface area contributed by atoms with E-state index >= 15 is 0 Å². The van der Waals surface area contributed by atoms with Gasteiger partial charge in [-0.05, 0) is 34.6 Å². The van der Waals surface area contributed by atoms with Gasteiger partial charge < -0.3 is 15.3 Å². The molecule has 2 rings (SSSR count). The summed E-state index contributed by atoms with van der Waals surface area (Å²) in [6, 6.07) is -2.03. The number of carboxylic acid groups (broad SMARTS) is 3. The molecule has 0 aromatic rings. The fourth-order valence-electron chi connectivity index (χ4n) is 5.14. The first kappa shape index (κ1) is 18.4. The number of ketones is 1. The van der Waals surface area contributed by atoms with Gasteiger partial charge in [0, 0.05) is 12.8 Å². The Kier molecular flexibility index (Phi) is 3.66. The third-order valence-corrected chi connectivity index (χ3v) is 6.29. The van der Waals surface area contributed by atoms with E-state index in [1.54, 1.807) is 20.8 Å². The maximum Gasteiger partial charge on any atom is 0.514 e. The maximum atomic E-state index is 13.0. The molecule has 0 spiro atoms. The van der Waals surface area contributed by atoms with Gasteiger partial charge in [-0.2, -0.15) is 4.79 Å². The Balaban J connectivity index is 2.96. The highest BCUT2D eigenvalue weighted by Crippen LogP contribution is 2.60. The molecule has 3 N–H and O–H groups in total. The van der Waals surface area contributed by atoms with Crippen LogP contribution in [0, 0.1) is 10.8 Å². The van der Waals surface area contributed by atoms with Gasteiger partial charge >= 0.3 is 18.0 Å². The van der Waals surface area contributed by atoms with Crippen molar-refractivity contribution in [2.45, 2.75) is 65.1 Å². The van der Waals surface area contributed by atoms with E-state index in [1.165, 1.54) is 13.8 Å². The number of hydrogen-bond acceptors (Lipinski definition) is 4. The Morgan fingerprint density at radius 1 is 0.958 bits per heavy atom. The van der Waals surface area contributed by atoms with Crippen molar-refractivity contribution in [1.29, 1.82) is 0 Å². The number of carbonyl (C=O) groups excluding carboxylic acids is 1. The van der Waals surface area contributed by atoms with Crippen LogP contribution in [-0.4, -0.2) is 61.2 Å². The van der Waals surface area contributed by atoms with Crippen molar-refractivity contribution in [3.63, 3.8) is 0 Å². The molecule has 4 unspecified atom stereocenters. The smallest absolute Gasteiger partial charge is 0.480 e. The van der Waals surface area contributed by atoms with Crippen molar-refractivity contribution in [2.24, 2.45) is 10.8 Å². The topological polar surface area (TPSA) is 129 Å². The van der Waals surface area contributed by atoms with E-state index in [9.17, 15) is 34.5 Å². The standard InChI is InChI=1S/C16H23NO7/c1-14(2,3)17(13(23)24)8-6-7-9(17)16(5,12(21)22)10(18)15(8,4)11(19)20/h8-9H,6-7H2,1-5H3,(H2-,19,20,21,22,23,24)/p+1. The largest absolute Gasteiger partial charge is 0.514 e. The van der Waals surface area contributed by atoms with Crippen LogP contribution in [0.5, 0.6) is 0 Å². The highest BCUT2D eigenvalue weighted by molar-refractivity contribution is 6.15. The molecular formula is C16H24NO7+. The number of rotatable bonds is 2. The molecular weight excluding hydrogens is 318 g/mol. The minimum absolute atomic E-state index is 0.172. The van der Waals surface area contributed by atoms with Crippen LogP contribution in [0.25, 0.3) is 0 Å². The lowest BCUT2D eigenvalue weighted by Gasteiger charge is -2.58. The summed E-state index contributed by atoms with van der Waals surface area (Å²) in [5, 5.41) is 29.6. The first-order chi connectivity index (χ1) is 10.7. The van der Waals surface area contributed by atoms with Gasteiger partial charge in [-0.25, -0.2) is 4.48 Å². The predicted molar refractivity (Wildman–Crippen MR) is 81.3 cm³/mol. The van der Waals surface area contributed by atoms with Crippen LogP contribution < -0.4 is 0 Å². The van der Waals surface area contributed by atoms with Gasteiger partial charge in [0.05, 0.1) is 0 Å². The second-order valence-electron chi connectivity index (χ2n) is 8.18. The second kappa shape index (κ2) is 4.78. The summed E-state index contributed by atoms with van der Waals surface area (Å²) in [6.07, 6.45) is -0.945. The monoisotopic (exact) mass is 342 g/mol. The molecule has 8 nitrogen and oxygen atoms in total. The molecule has 8 heteroatoms. The molecule has 0 radical (unpaired) electrons. The van der Waals surface area contributed by atoms with Crippen molar-refractivity contribution < 1.29 is 39.0 Å². The minimum Gasteiger partial charge on any atom is -0.480 e. The Morgan fingerprint density at radius 3 is 1.50 bits per heavy atom. The van der Waals surface area contributed by atoms with Crippen molar-refractivity contribution >= 4 is 23.8 Å². The molecule has 0 aromatic carbocycles. The third kappa shape index (κ3) is 1.67. The van der Waals surface area contributed by atoms with E-state index in [1.807, 2.05) is 0 Å². The number of amides is 1. The molecule has 24 heavy (non-hydrogen) atoms. The van der Waals surface area contributed by atoms with E-state index in [-0.39, 0.29) is 12.8 Å². The fourth-order valence-corrected chi connectivity index (χ4v) is 5.14. The molecule has 0 saturated carbocycles. The summed E-state index contributed by atoms with van der Waals surface area (Å²) < 4.78 is -0.732. The van der Waals surface area contributed by atoms with E-state index < -0.39 is 56.8 Å². The number of carboxylic acids is 2. The van der Waals surface area contributed by atoms with Crippen molar-refractivity contribution in [3.05, 3.63) is 0 Å². The number of carbonyl (C=O) groups is 4. The highest BCUT2D eigenvalue weighted by atomic mass is 16.4. The van der Waals surface area contributed by atoms with Crippen molar-refractivity contribution in [2.75, 3.05) is 0 Å². The Hall–Kier alpha value is -1.96. The van der Waals surface area contributed by atoms with Gasteiger partial charge in [-0.1, -0.05) is 0 Å². The first-order valence-electron chi connectivity index (χ1n) is 7.84. The van der Waals surface area contributed by atoms with Gasteiger partial charge in [-0.15, -0.1) is 0 Å². The van der Waals surface area contributed by atoms with Crippen LogP contribution in [0.2, 0.25) is 0 Å². The quantitative estimate of drug-likeness (QED) is 0.513. The zero-order chi connectivity index (χ0) is 18.9. The summed E-state index contributed by atoms with van der Waals surface area (Å²) in [7, 11) is 0. The normalized spacial score (nSPS) is 42.0. The lowest BCUT2D eigenvalue weighted by molar-refractivity contribution is -0.947. The zero-order valence-corrected chi connectivity index (χ0v) is 14.5. The van der Waals surface area contributed by atoms with Gasteiger partial charge in [0.25, 0.3) is 0 Å². The molecule has 1 amide bonds. The lowest BCUT2D eigenvalue weighted by Crippen LogP contribution is -2.82. The van der Waals surface area contributed by atoms with Crippen LogP contribution in [-0.2, 0) is 14.4 Å². The maximum absolute atomic E-state index is 13.0. The molecule has 4 atom stereocenters. The van der Waals surface area contributed by atoms with Crippen LogP contribution in [0.1, 0.15) is 47.5 Å². The second-order valence-corrected chi connectivity index (χ2v) is 8.18. The number of fused-ring (bicyclic) bond motifs is 2. The molecule has 0 aliphatic carbocycles. The van der Waals surface area contributed by atoms with Gasteiger partial charge in [0.2, 0.25) is 0 Å². The first-order valence-corrected chi connectivity index (χ1v) is 7.84. The number of quaternary nitrogens is 1. The number of piperidine rings is 1. The molecule has 134 valence electrons. The summed E-state index contributed by atoms with van der Waals surface area (Å²) in [4.78, 5) is 49.4. The van der Waals surface area contributed by atoms with E-state index in [0.29, 0.717) is 0 Å². The molecule has 0 aromatic heterocycles. The summed E-state index contributed by atoms with van der Waals surface area (Å²) in [6.45, 7) is 7.28. The van der Waals surface area contributed by atoms with Crippen molar-refractivity contribution in [1.82, 2.24) is 0 Å². The number of aliphatic carboxylic acids is 2. The van der Waals surface area contributed by atoms with Crippen LogP contribution >= 0.6 is 0 Å². The molecule has 2 saturated heterocycles. The van der Waals surface area contributed by atoms with E-state index in [2.05, 4.69) is 0 Å². The molecule has 2 aliphatic rings. The number of Topliss-reactive ketones (excluding diaryl/α,β-unsaturated/α-hetero) is 1. The Bertz CT molecular complexity index is 611. The predicted octanol–water partition coefficient (Wildman–Crippen LogP) is 1.58. The average Bonchev–Trinajstić information content (AvgIpc) is 2.81. The van der Waals surface area contributed by atoms with E-state index in [0.717, 1.165) is 0 Å². The fraction of sp³-hybridized carbons (Fsp3) is 0.750. The van der Waals surface area contributed by atoms with E-state index in [4.69, 9.17) is 0 Å². The SMILES string of the molecule is CC1(C(=O)O)C(=O)C(C)(C(=O)O)C2CCC1[N+]2(C(=O)O)C(C)(C)C. The summed E-state index contributed by atoms with van der Waals surface area (Å²) in [5.74, 6) is -3.86. The molecule has 2 fully saturated rings. The average molecular weight is 342 g/mol. The number of hydrogen-bond donors (Lipinski definition) is 3. The lowest BCUT2D eigenvalue weighted by atomic mass is 9.60. The minimum atomic E-state index is -2.08. The Labute approximate surface area is 139 Å². The molecule has 2 heterocycles. The van der Waals surface area contributed by atoms with Crippen LogP contribution in [0.4, 0.5) is 4.79 Å². The number of nitrogens with zero attached hydrogens (tertiary/aromatic N) is 1. The highest BCUT2D eigenvalue weighted by Gasteiger charge is 2.81. The van der Waals surface area contributed by atoms with Gasteiger partial charge in [0.1, 0.15) is 17.6 Å². The molecule has 2 bridgehead atoms. The van der Waals surface area contributed by atoms with Crippen LogP contribution in [0.15, 0.2) is 0 Å². The Morgan fingerprint density at radius 2 is 1.29 bits per heavy atom. The summed E-state index contributed by atoms with van der Waals surface area (Å²) >= 11 is 0. The van der Waals surface area contributed by atoms with Gasteiger partial charge in [-0.3, -0.25) is 14.4 Å². The molecule has 2 aliphatic heterocycles. The zero-order valence-electron chi connectivity index (χ0n) is 14.5. The van der Waals surface area contributed by atoms with Crippen LogP contribution in [0.3, 0.4) is 0 Å².